The molecular formula is C26H32N2O4. The van der Waals surface area contributed by atoms with Crippen molar-refractivity contribution < 1.29 is 19.4 Å². The van der Waals surface area contributed by atoms with Crippen LogP contribution >= 0.6 is 0 Å². The highest BCUT2D eigenvalue weighted by atomic mass is 16.5. The van der Waals surface area contributed by atoms with Crippen LogP contribution in [0.25, 0.3) is 0 Å². The van der Waals surface area contributed by atoms with E-state index in [0.717, 1.165) is 34.4 Å². The van der Waals surface area contributed by atoms with Gasteiger partial charge in [-0.15, -0.1) is 0 Å². The van der Waals surface area contributed by atoms with Crippen molar-refractivity contribution in [1.82, 2.24) is 10.2 Å². The molecule has 2 aromatic carbocycles. The van der Waals surface area contributed by atoms with Crippen molar-refractivity contribution in [1.29, 1.82) is 0 Å². The van der Waals surface area contributed by atoms with E-state index in [1.54, 1.807) is 0 Å². The Bertz CT molecular complexity index is 953. The molecule has 32 heavy (non-hydrogen) atoms. The second-order valence-corrected chi connectivity index (χ2v) is 9.25. The molecule has 1 saturated heterocycles. The molecule has 0 aromatic heterocycles. The Balaban J connectivity index is 1.43. The summed E-state index contributed by atoms with van der Waals surface area (Å²) in [6, 6.07) is 17.4. The van der Waals surface area contributed by atoms with Gasteiger partial charge in [-0.1, -0.05) is 61.5 Å². The van der Waals surface area contributed by atoms with Crippen molar-refractivity contribution in [2.45, 2.75) is 57.3 Å². The van der Waals surface area contributed by atoms with Gasteiger partial charge >= 0.3 is 6.03 Å². The standard InChI is InChI=1S/C26H32N2O4/c1-18-12-14-26(15-13-18)24(30)28(25(31)27-26)16-21(29)17-32-23(20-9-4-3-5-10-20)22-11-7-6-8-19(22)2/h3-11,18,21,23,29H,12-17H2,1-2H3,(H,27,31)/t18?,21-,23+,26?/m0/s1. The Morgan fingerprint density at radius 2 is 1.75 bits per heavy atom. The summed E-state index contributed by atoms with van der Waals surface area (Å²) in [5.41, 5.74) is 2.31. The number of hydrogen-bond donors (Lipinski definition) is 2. The fourth-order valence-electron chi connectivity index (χ4n) is 4.78. The Morgan fingerprint density at radius 1 is 1.09 bits per heavy atom. The third-order valence-corrected chi connectivity index (χ3v) is 6.80. The van der Waals surface area contributed by atoms with E-state index < -0.39 is 17.7 Å². The molecule has 1 aliphatic carbocycles. The number of urea groups is 1. The molecule has 2 N–H and O–H groups in total. The summed E-state index contributed by atoms with van der Waals surface area (Å²) in [5.74, 6) is 0.349. The predicted molar refractivity (Wildman–Crippen MR) is 122 cm³/mol. The highest BCUT2D eigenvalue weighted by molar-refractivity contribution is 6.07. The Hall–Kier alpha value is -2.70. The van der Waals surface area contributed by atoms with Crippen LogP contribution in [-0.2, 0) is 9.53 Å². The van der Waals surface area contributed by atoms with Crippen molar-refractivity contribution in [3.8, 4) is 0 Å². The van der Waals surface area contributed by atoms with Crippen LogP contribution in [0.3, 0.4) is 0 Å². The van der Waals surface area contributed by atoms with Crippen LogP contribution in [0.1, 0.15) is 55.4 Å². The van der Waals surface area contributed by atoms with Gasteiger partial charge in [0.2, 0.25) is 0 Å². The van der Waals surface area contributed by atoms with Crippen LogP contribution < -0.4 is 5.32 Å². The quantitative estimate of drug-likeness (QED) is 0.644. The minimum Gasteiger partial charge on any atom is -0.389 e. The van der Waals surface area contributed by atoms with Crippen LogP contribution in [0.15, 0.2) is 54.6 Å². The first-order chi connectivity index (χ1) is 15.4. The molecule has 1 spiro atoms. The summed E-state index contributed by atoms with van der Waals surface area (Å²) >= 11 is 0. The molecule has 0 unspecified atom stereocenters. The van der Waals surface area contributed by atoms with Crippen molar-refractivity contribution in [2.75, 3.05) is 13.2 Å². The molecule has 0 radical (unpaired) electrons. The number of carbonyl (C=O) groups excluding carboxylic acids is 2. The lowest BCUT2D eigenvalue weighted by Gasteiger charge is -2.33. The summed E-state index contributed by atoms with van der Waals surface area (Å²) in [6.07, 6.45) is 1.83. The van der Waals surface area contributed by atoms with Crippen LogP contribution in [-0.4, -0.2) is 46.7 Å². The van der Waals surface area contributed by atoms with E-state index in [2.05, 4.69) is 12.2 Å². The molecule has 0 bridgehead atoms. The molecule has 6 nitrogen and oxygen atoms in total. The number of ether oxygens (including phenoxy) is 1. The topological polar surface area (TPSA) is 78.9 Å². The van der Waals surface area contributed by atoms with Gasteiger partial charge in [-0.25, -0.2) is 4.79 Å². The molecular weight excluding hydrogens is 404 g/mol. The minimum atomic E-state index is -0.974. The second-order valence-electron chi connectivity index (χ2n) is 9.25. The summed E-state index contributed by atoms with van der Waals surface area (Å²) in [6.45, 7) is 4.14. The maximum Gasteiger partial charge on any atom is 0.325 e. The number of rotatable bonds is 7. The Morgan fingerprint density at radius 3 is 2.44 bits per heavy atom. The van der Waals surface area contributed by atoms with Crippen LogP contribution in [0.5, 0.6) is 0 Å². The smallest absolute Gasteiger partial charge is 0.325 e. The highest BCUT2D eigenvalue weighted by Crippen LogP contribution is 2.36. The SMILES string of the molecule is Cc1ccccc1[C@H](OC[C@@H](O)CN1C(=O)NC2(CCC(C)CC2)C1=O)c1ccccc1. The maximum atomic E-state index is 13.1. The molecule has 2 atom stereocenters. The van der Waals surface area contributed by atoms with Gasteiger partial charge in [0.15, 0.2) is 0 Å². The zero-order valence-corrected chi connectivity index (χ0v) is 18.8. The predicted octanol–water partition coefficient (Wildman–Crippen LogP) is 3.96. The first-order valence-corrected chi connectivity index (χ1v) is 11.4. The normalized spacial score (nSPS) is 25.1. The van der Waals surface area contributed by atoms with Crippen molar-refractivity contribution in [3.63, 3.8) is 0 Å². The number of β-amino-alcohol motifs (C(OH)–C–C–N with tert-alkyl or cyclic N) is 1. The van der Waals surface area contributed by atoms with Gasteiger partial charge < -0.3 is 15.2 Å². The van der Waals surface area contributed by atoms with E-state index in [1.807, 2.05) is 61.5 Å². The number of aliphatic hydroxyl groups is 1. The van der Waals surface area contributed by atoms with Crippen LogP contribution in [0.2, 0.25) is 0 Å². The molecule has 3 amide bonds. The summed E-state index contributed by atoms with van der Waals surface area (Å²) in [5, 5.41) is 13.6. The number of imide groups is 1. The monoisotopic (exact) mass is 436 g/mol. The van der Waals surface area contributed by atoms with Gasteiger partial charge in [-0.05, 0) is 55.2 Å². The average Bonchev–Trinajstić information content (AvgIpc) is 3.02. The highest BCUT2D eigenvalue weighted by Gasteiger charge is 2.52. The average molecular weight is 437 g/mol. The van der Waals surface area contributed by atoms with Crippen molar-refractivity contribution in [2.24, 2.45) is 5.92 Å². The van der Waals surface area contributed by atoms with E-state index >= 15 is 0 Å². The van der Waals surface area contributed by atoms with Crippen molar-refractivity contribution in [3.05, 3.63) is 71.3 Å². The lowest BCUT2D eigenvalue weighted by Crippen LogP contribution is -2.49. The molecule has 170 valence electrons. The molecule has 1 heterocycles. The molecule has 2 fully saturated rings. The second kappa shape index (κ2) is 9.43. The number of nitrogens with zero attached hydrogens (tertiary/aromatic N) is 1. The van der Waals surface area contributed by atoms with Gasteiger partial charge in [0.05, 0.1) is 19.3 Å². The number of benzene rings is 2. The van der Waals surface area contributed by atoms with Crippen molar-refractivity contribution >= 4 is 11.9 Å². The Labute approximate surface area is 189 Å². The van der Waals surface area contributed by atoms with Gasteiger partial charge in [0.25, 0.3) is 5.91 Å². The lowest BCUT2D eigenvalue weighted by atomic mass is 9.77. The fourth-order valence-corrected chi connectivity index (χ4v) is 4.78. The fraction of sp³-hybridized carbons (Fsp3) is 0.462. The van der Waals surface area contributed by atoms with Gasteiger partial charge in [-0.2, -0.15) is 0 Å². The lowest BCUT2D eigenvalue weighted by molar-refractivity contribution is -0.134. The summed E-state index contributed by atoms with van der Waals surface area (Å²) in [7, 11) is 0. The first kappa shape index (κ1) is 22.5. The molecule has 4 rings (SSSR count). The van der Waals surface area contributed by atoms with Crippen LogP contribution in [0, 0.1) is 12.8 Å². The van der Waals surface area contributed by atoms with Gasteiger partial charge in [-0.3, -0.25) is 9.69 Å². The molecule has 2 aromatic rings. The maximum absolute atomic E-state index is 13.1. The number of aliphatic hydroxyl groups excluding tert-OH is 1. The number of hydrogen-bond acceptors (Lipinski definition) is 4. The molecule has 1 saturated carbocycles. The molecule has 2 aliphatic rings. The number of nitrogens with one attached hydrogen (secondary N) is 1. The molecule has 1 aliphatic heterocycles. The third-order valence-electron chi connectivity index (χ3n) is 6.80. The first-order valence-electron chi connectivity index (χ1n) is 11.4. The van der Waals surface area contributed by atoms with E-state index in [9.17, 15) is 14.7 Å². The minimum absolute atomic E-state index is 0.00892. The summed E-state index contributed by atoms with van der Waals surface area (Å²) in [4.78, 5) is 26.8. The van der Waals surface area contributed by atoms with E-state index in [1.165, 1.54) is 0 Å². The molecule has 6 heteroatoms. The Kier molecular flexibility index (Phi) is 6.63. The van der Waals surface area contributed by atoms with E-state index in [4.69, 9.17) is 4.74 Å². The number of carbonyl (C=O) groups is 2. The number of aryl methyl sites for hydroxylation is 1. The third kappa shape index (κ3) is 4.57. The zero-order chi connectivity index (χ0) is 22.7. The van der Waals surface area contributed by atoms with E-state index in [-0.39, 0.29) is 25.2 Å². The van der Waals surface area contributed by atoms with Gasteiger partial charge in [0, 0.05) is 0 Å². The zero-order valence-electron chi connectivity index (χ0n) is 18.8. The summed E-state index contributed by atoms with van der Waals surface area (Å²) < 4.78 is 6.17. The van der Waals surface area contributed by atoms with Crippen LogP contribution in [0.4, 0.5) is 4.79 Å². The largest absolute Gasteiger partial charge is 0.389 e. The number of amides is 3. The van der Waals surface area contributed by atoms with Gasteiger partial charge in [0.1, 0.15) is 11.6 Å². The van der Waals surface area contributed by atoms with E-state index in [0.29, 0.717) is 18.8 Å².